The van der Waals surface area contributed by atoms with Gasteiger partial charge in [-0.1, -0.05) is 25.4 Å². The van der Waals surface area contributed by atoms with Crippen molar-refractivity contribution in [3.05, 3.63) is 11.7 Å². The van der Waals surface area contributed by atoms with Gasteiger partial charge in [-0.3, -0.25) is 4.79 Å². The lowest BCUT2D eigenvalue weighted by Gasteiger charge is -2.17. The zero-order valence-corrected chi connectivity index (χ0v) is 10.6. The summed E-state index contributed by atoms with van der Waals surface area (Å²) in [5.41, 5.74) is 5.79. The van der Waals surface area contributed by atoms with E-state index >= 15 is 0 Å². The lowest BCUT2D eigenvalue weighted by atomic mass is 9.99. The van der Waals surface area contributed by atoms with E-state index in [1.807, 2.05) is 13.8 Å². The van der Waals surface area contributed by atoms with Crippen LogP contribution in [0.4, 0.5) is 0 Å². The Morgan fingerprint density at radius 2 is 2.29 bits per heavy atom. The van der Waals surface area contributed by atoms with Gasteiger partial charge in [-0.25, -0.2) is 0 Å². The fourth-order valence-corrected chi connectivity index (χ4v) is 1.36. The Kier molecular flexibility index (Phi) is 5.09. The number of carbonyl (C=O) groups excluding carboxylic acids is 1. The van der Waals surface area contributed by atoms with Crippen LogP contribution in [0.5, 0.6) is 0 Å². The molecule has 6 nitrogen and oxygen atoms in total. The molecule has 0 radical (unpaired) electrons. The summed E-state index contributed by atoms with van der Waals surface area (Å²) in [4.78, 5) is 15.7. The molecule has 0 saturated carbocycles. The average Bonchev–Trinajstić information content (AvgIpc) is 2.72. The van der Waals surface area contributed by atoms with Gasteiger partial charge < -0.3 is 15.6 Å². The van der Waals surface area contributed by atoms with Crippen molar-refractivity contribution in [2.24, 2.45) is 11.7 Å². The maximum atomic E-state index is 11.6. The molecule has 1 heterocycles. The van der Waals surface area contributed by atoms with Gasteiger partial charge in [0.05, 0.1) is 6.04 Å². The van der Waals surface area contributed by atoms with Gasteiger partial charge >= 0.3 is 0 Å². The second-order valence-corrected chi connectivity index (χ2v) is 4.19. The predicted molar refractivity (Wildman–Crippen MR) is 63.2 cm³/mol. The number of aryl methyl sites for hydroxylation is 1. The molecule has 1 rings (SSSR count). The Morgan fingerprint density at radius 1 is 1.59 bits per heavy atom. The third-order valence-electron chi connectivity index (χ3n) is 2.77. The van der Waals surface area contributed by atoms with E-state index in [2.05, 4.69) is 15.5 Å². The van der Waals surface area contributed by atoms with E-state index in [1.165, 1.54) is 0 Å². The molecule has 2 atom stereocenters. The molecule has 1 amide bonds. The van der Waals surface area contributed by atoms with Crippen LogP contribution in [0.3, 0.4) is 0 Å². The van der Waals surface area contributed by atoms with Crippen LogP contribution in [0.25, 0.3) is 0 Å². The van der Waals surface area contributed by atoms with E-state index in [4.69, 9.17) is 10.3 Å². The van der Waals surface area contributed by atoms with E-state index in [1.54, 1.807) is 6.92 Å². The zero-order chi connectivity index (χ0) is 12.8. The van der Waals surface area contributed by atoms with Gasteiger partial charge in [-0.15, -0.1) is 0 Å². The van der Waals surface area contributed by atoms with E-state index in [-0.39, 0.29) is 11.8 Å². The third-order valence-corrected chi connectivity index (χ3v) is 2.77. The van der Waals surface area contributed by atoms with Crippen molar-refractivity contribution in [3.8, 4) is 0 Å². The van der Waals surface area contributed by atoms with Crippen LogP contribution in [0.15, 0.2) is 4.52 Å². The molecule has 0 aliphatic rings. The Balaban J connectivity index is 2.29. The van der Waals surface area contributed by atoms with Crippen LogP contribution in [0, 0.1) is 12.8 Å². The number of nitrogens with one attached hydrogen (secondary N) is 1. The first-order valence-electron chi connectivity index (χ1n) is 5.87. The molecule has 3 N–H and O–H groups in total. The van der Waals surface area contributed by atoms with Crippen LogP contribution in [0.2, 0.25) is 0 Å². The monoisotopic (exact) mass is 240 g/mol. The molecule has 0 spiro atoms. The molecule has 0 aromatic carbocycles. The summed E-state index contributed by atoms with van der Waals surface area (Å²) in [7, 11) is 0. The zero-order valence-electron chi connectivity index (χ0n) is 10.6. The van der Waals surface area contributed by atoms with Crippen LogP contribution >= 0.6 is 0 Å². The van der Waals surface area contributed by atoms with Crippen molar-refractivity contribution in [1.29, 1.82) is 0 Å². The number of hydrogen-bond acceptors (Lipinski definition) is 5. The fraction of sp³-hybridized carbons (Fsp3) is 0.727. The van der Waals surface area contributed by atoms with Crippen LogP contribution in [-0.2, 0) is 11.2 Å². The number of carbonyl (C=O) groups is 1. The molecule has 0 aliphatic heterocycles. The van der Waals surface area contributed by atoms with Gasteiger partial charge in [-0.05, 0) is 12.8 Å². The highest BCUT2D eigenvalue weighted by Crippen LogP contribution is 2.05. The summed E-state index contributed by atoms with van der Waals surface area (Å²) in [6, 6.07) is -0.454. The van der Waals surface area contributed by atoms with Crippen molar-refractivity contribution in [2.75, 3.05) is 6.54 Å². The second kappa shape index (κ2) is 6.34. The highest BCUT2D eigenvalue weighted by molar-refractivity contribution is 5.81. The molecule has 0 saturated heterocycles. The Morgan fingerprint density at radius 3 is 2.82 bits per heavy atom. The minimum absolute atomic E-state index is 0.129. The molecule has 6 heteroatoms. The van der Waals surface area contributed by atoms with E-state index in [9.17, 15) is 4.79 Å². The van der Waals surface area contributed by atoms with Crippen LogP contribution < -0.4 is 11.1 Å². The molecule has 0 aliphatic carbocycles. The van der Waals surface area contributed by atoms with E-state index in [0.29, 0.717) is 24.7 Å². The second-order valence-electron chi connectivity index (χ2n) is 4.19. The highest BCUT2D eigenvalue weighted by Gasteiger charge is 2.18. The molecular formula is C11H20N4O2. The first-order valence-corrected chi connectivity index (χ1v) is 5.87. The topological polar surface area (TPSA) is 94.0 Å². The molecule has 1 aromatic rings. The van der Waals surface area contributed by atoms with Crippen molar-refractivity contribution in [1.82, 2.24) is 15.5 Å². The molecule has 0 unspecified atom stereocenters. The smallest absolute Gasteiger partial charge is 0.237 e. The molecule has 17 heavy (non-hydrogen) atoms. The van der Waals surface area contributed by atoms with Crippen molar-refractivity contribution in [3.63, 3.8) is 0 Å². The number of aromatic nitrogens is 2. The maximum Gasteiger partial charge on any atom is 0.237 e. The first-order chi connectivity index (χ1) is 8.04. The summed E-state index contributed by atoms with van der Waals surface area (Å²) < 4.78 is 4.93. The fourth-order valence-electron chi connectivity index (χ4n) is 1.36. The normalized spacial score (nSPS) is 14.4. The number of hydrogen-bond donors (Lipinski definition) is 2. The Bertz CT molecular complexity index is 364. The van der Waals surface area contributed by atoms with Crippen molar-refractivity contribution >= 4 is 5.91 Å². The van der Waals surface area contributed by atoms with E-state index < -0.39 is 6.04 Å². The lowest BCUT2D eigenvalue weighted by Crippen LogP contribution is -2.45. The summed E-state index contributed by atoms with van der Waals surface area (Å²) in [5.74, 6) is 1.18. The summed E-state index contributed by atoms with van der Waals surface area (Å²) in [6.07, 6.45) is 1.41. The Hall–Kier alpha value is -1.43. The molecule has 1 aromatic heterocycles. The van der Waals surface area contributed by atoms with Gasteiger partial charge in [0.15, 0.2) is 5.82 Å². The minimum atomic E-state index is -0.454. The summed E-state index contributed by atoms with van der Waals surface area (Å²) in [6.45, 7) is 6.19. The van der Waals surface area contributed by atoms with Crippen LogP contribution in [-0.4, -0.2) is 28.6 Å². The first kappa shape index (κ1) is 13.6. The lowest BCUT2D eigenvalue weighted by molar-refractivity contribution is -0.123. The van der Waals surface area contributed by atoms with Gasteiger partial charge in [0, 0.05) is 13.0 Å². The SMILES string of the molecule is CC[C@H](C)[C@H](N)C(=O)NCCc1nc(C)no1. The van der Waals surface area contributed by atoms with Gasteiger partial charge in [-0.2, -0.15) is 4.98 Å². The largest absolute Gasteiger partial charge is 0.354 e. The molecular weight excluding hydrogens is 220 g/mol. The number of rotatable bonds is 6. The Labute approximate surface area is 101 Å². The standard InChI is InChI=1S/C11H20N4O2/c1-4-7(2)10(12)11(16)13-6-5-9-14-8(3)15-17-9/h7,10H,4-6,12H2,1-3H3,(H,13,16)/t7-,10-/m0/s1. The van der Waals surface area contributed by atoms with Crippen molar-refractivity contribution in [2.45, 2.75) is 39.7 Å². The quantitative estimate of drug-likeness (QED) is 0.751. The van der Waals surface area contributed by atoms with Crippen molar-refractivity contribution < 1.29 is 9.32 Å². The van der Waals surface area contributed by atoms with E-state index in [0.717, 1.165) is 6.42 Å². The third kappa shape index (κ3) is 4.14. The maximum absolute atomic E-state index is 11.6. The predicted octanol–water partition coefficient (Wildman–Crippen LogP) is 0.410. The van der Waals surface area contributed by atoms with Crippen LogP contribution in [0.1, 0.15) is 32.0 Å². The number of amides is 1. The van der Waals surface area contributed by atoms with Gasteiger partial charge in [0.25, 0.3) is 0 Å². The molecule has 0 fully saturated rings. The number of nitrogens with two attached hydrogens (primary N) is 1. The average molecular weight is 240 g/mol. The summed E-state index contributed by atoms with van der Waals surface area (Å²) in [5, 5.41) is 6.43. The summed E-state index contributed by atoms with van der Waals surface area (Å²) >= 11 is 0. The van der Waals surface area contributed by atoms with Gasteiger partial charge in [0.2, 0.25) is 11.8 Å². The minimum Gasteiger partial charge on any atom is -0.354 e. The van der Waals surface area contributed by atoms with Gasteiger partial charge in [0.1, 0.15) is 0 Å². The molecule has 0 bridgehead atoms. The molecule has 96 valence electrons. The number of nitrogens with zero attached hydrogens (tertiary/aromatic N) is 2. The highest BCUT2D eigenvalue weighted by atomic mass is 16.5.